The Morgan fingerprint density at radius 1 is 1.06 bits per heavy atom. The highest BCUT2D eigenvalue weighted by molar-refractivity contribution is 6.30. The fourth-order valence-electron chi connectivity index (χ4n) is 1.55. The van der Waals surface area contributed by atoms with E-state index in [4.69, 9.17) is 11.6 Å². The van der Waals surface area contributed by atoms with Gasteiger partial charge in [0.1, 0.15) is 0 Å². The molecular weight excluding hydrogens is 230 g/mol. The monoisotopic (exact) mass is 239 g/mol. The summed E-state index contributed by atoms with van der Waals surface area (Å²) in [4.78, 5) is 0. The van der Waals surface area contributed by atoms with Crippen LogP contribution in [0.1, 0.15) is 11.1 Å². The Bertz CT molecular complexity index is 579. The number of benzene rings is 2. The number of halogens is 1. The predicted octanol–water partition coefficient (Wildman–Crippen LogP) is 4.40. The van der Waals surface area contributed by atoms with Crippen molar-refractivity contribution in [3.63, 3.8) is 0 Å². The van der Waals surface area contributed by atoms with Gasteiger partial charge < -0.3 is 0 Å². The first kappa shape index (κ1) is 11.4. The van der Waals surface area contributed by atoms with Gasteiger partial charge in [-0.1, -0.05) is 54.1 Å². The van der Waals surface area contributed by atoms with Gasteiger partial charge in [-0.2, -0.15) is 5.26 Å². The van der Waals surface area contributed by atoms with E-state index in [0.717, 1.165) is 11.1 Å². The van der Waals surface area contributed by atoms with Gasteiger partial charge in [0.05, 0.1) is 11.6 Å². The molecule has 0 unspecified atom stereocenters. The summed E-state index contributed by atoms with van der Waals surface area (Å²) in [5.41, 5.74) is 2.45. The molecule has 0 amide bonds. The van der Waals surface area contributed by atoms with Gasteiger partial charge in [0.2, 0.25) is 0 Å². The molecule has 2 heteroatoms. The molecule has 0 aromatic heterocycles. The van der Waals surface area contributed by atoms with Crippen molar-refractivity contribution in [3.05, 3.63) is 70.7 Å². The van der Waals surface area contributed by atoms with Crippen LogP contribution in [-0.4, -0.2) is 0 Å². The third-order valence-electron chi connectivity index (χ3n) is 2.37. The molecule has 0 aliphatic rings. The van der Waals surface area contributed by atoms with Crippen LogP contribution < -0.4 is 0 Å². The van der Waals surface area contributed by atoms with E-state index in [1.54, 1.807) is 12.1 Å². The topological polar surface area (TPSA) is 23.8 Å². The minimum Gasteiger partial charge on any atom is -0.192 e. The Morgan fingerprint density at radius 3 is 2.47 bits per heavy atom. The second-order valence-electron chi connectivity index (χ2n) is 3.59. The molecule has 82 valence electrons. The lowest BCUT2D eigenvalue weighted by Crippen LogP contribution is -1.81. The van der Waals surface area contributed by atoms with Gasteiger partial charge in [-0.05, 0) is 29.3 Å². The van der Waals surface area contributed by atoms with E-state index in [9.17, 15) is 5.26 Å². The molecule has 2 aromatic rings. The summed E-state index contributed by atoms with van der Waals surface area (Å²) in [6, 6.07) is 19.3. The molecule has 1 nitrogen and oxygen atoms in total. The maximum atomic E-state index is 9.17. The molecule has 0 radical (unpaired) electrons. The maximum Gasteiger partial charge on any atom is 0.0998 e. The van der Waals surface area contributed by atoms with E-state index in [-0.39, 0.29) is 0 Å². The van der Waals surface area contributed by atoms with Crippen LogP contribution in [0.2, 0.25) is 5.02 Å². The highest BCUT2D eigenvalue weighted by Gasteiger charge is 2.01. The molecular formula is C15H10ClN. The second kappa shape index (κ2) is 5.34. The summed E-state index contributed by atoms with van der Waals surface area (Å²) in [6.07, 6.45) is 1.85. The first-order valence-corrected chi connectivity index (χ1v) is 5.60. The molecule has 0 aliphatic heterocycles. The van der Waals surface area contributed by atoms with Crippen LogP contribution in [0.5, 0.6) is 0 Å². The highest BCUT2D eigenvalue weighted by atomic mass is 35.5. The lowest BCUT2D eigenvalue weighted by molar-refractivity contribution is 1.52. The van der Waals surface area contributed by atoms with Gasteiger partial charge in [0, 0.05) is 5.02 Å². The highest BCUT2D eigenvalue weighted by Crippen LogP contribution is 2.20. The quantitative estimate of drug-likeness (QED) is 0.563. The van der Waals surface area contributed by atoms with E-state index in [0.29, 0.717) is 10.6 Å². The fourth-order valence-corrected chi connectivity index (χ4v) is 1.74. The largest absolute Gasteiger partial charge is 0.192 e. The summed E-state index contributed by atoms with van der Waals surface area (Å²) in [6.45, 7) is 0. The van der Waals surface area contributed by atoms with Gasteiger partial charge in [-0.15, -0.1) is 0 Å². The molecule has 0 N–H and O–H groups in total. The summed E-state index contributed by atoms with van der Waals surface area (Å²) < 4.78 is 0. The number of allylic oxidation sites excluding steroid dienone is 1. The number of rotatable bonds is 2. The van der Waals surface area contributed by atoms with Crippen molar-refractivity contribution in [1.29, 1.82) is 5.26 Å². The Balaban J connectivity index is 2.42. The van der Waals surface area contributed by atoms with E-state index >= 15 is 0 Å². The normalized spacial score (nSPS) is 10.9. The lowest BCUT2D eigenvalue weighted by Gasteiger charge is -2.00. The molecule has 0 bridgehead atoms. The lowest BCUT2D eigenvalue weighted by atomic mass is 10.0. The van der Waals surface area contributed by atoms with Crippen LogP contribution in [0.3, 0.4) is 0 Å². The van der Waals surface area contributed by atoms with Crippen molar-refractivity contribution in [1.82, 2.24) is 0 Å². The molecule has 17 heavy (non-hydrogen) atoms. The number of nitrogens with zero attached hydrogens (tertiary/aromatic N) is 1. The summed E-state index contributed by atoms with van der Waals surface area (Å²) in [5, 5.41) is 9.81. The van der Waals surface area contributed by atoms with Crippen LogP contribution in [-0.2, 0) is 0 Å². The zero-order valence-corrected chi connectivity index (χ0v) is 9.85. The third kappa shape index (κ3) is 2.96. The van der Waals surface area contributed by atoms with E-state index < -0.39 is 0 Å². The minimum atomic E-state index is 0.610. The molecule has 0 saturated carbocycles. The van der Waals surface area contributed by atoms with Crippen LogP contribution in [0.25, 0.3) is 11.6 Å². The SMILES string of the molecule is N#CC(=Cc1ccccc1)c1cccc(Cl)c1. The Kier molecular flexibility index (Phi) is 3.59. The minimum absolute atomic E-state index is 0.610. The van der Waals surface area contributed by atoms with E-state index in [1.165, 1.54) is 0 Å². The van der Waals surface area contributed by atoms with Crippen LogP contribution >= 0.6 is 11.6 Å². The molecule has 0 heterocycles. The van der Waals surface area contributed by atoms with Crippen LogP contribution in [0.15, 0.2) is 54.6 Å². The first-order valence-electron chi connectivity index (χ1n) is 5.22. The molecule has 2 aromatic carbocycles. The number of hydrogen-bond acceptors (Lipinski definition) is 1. The van der Waals surface area contributed by atoms with E-state index in [2.05, 4.69) is 6.07 Å². The van der Waals surface area contributed by atoms with Crippen LogP contribution in [0.4, 0.5) is 0 Å². The van der Waals surface area contributed by atoms with Crippen LogP contribution in [0, 0.1) is 11.3 Å². The Morgan fingerprint density at radius 2 is 1.82 bits per heavy atom. The third-order valence-corrected chi connectivity index (χ3v) is 2.60. The zero-order chi connectivity index (χ0) is 12.1. The van der Waals surface area contributed by atoms with Crippen molar-refractivity contribution >= 4 is 23.3 Å². The summed E-state index contributed by atoms with van der Waals surface area (Å²) in [5.74, 6) is 0. The predicted molar refractivity (Wildman–Crippen MR) is 71.4 cm³/mol. The summed E-state index contributed by atoms with van der Waals surface area (Å²) in [7, 11) is 0. The van der Waals surface area contributed by atoms with Gasteiger partial charge in [-0.3, -0.25) is 0 Å². The van der Waals surface area contributed by atoms with Gasteiger partial charge in [0.25, 0.3) is 0 Å². The first-order chi connectivity index (χ1) is 8.29. The molecule has 0 aliphatic carbocycles. The van der Waals surface area contributed by atoms with Gasteiger partial charge >= 0.3 is 0 Å². The number of nitriles is 1. The Hall–Kier alpha value is -2.04. The second-order valence-corrected chi connectivity index (χ2v) is 4.03. The maximum absolute atomic E-state index is 9.17. The standard InChI is InChI=1S/C15H10ClN/c16-15-8-4-7-13(10-15)14(11-17)9-12-5-2-1-3-6-12/h1-10H. The molecule has 2 rings (SSSR count). The average Bonchev–Trinajstić information content (AvgIpc) is 2.37. The number of hydrogen-bond donors (Lipinski definition) is 0. The smallest absolute Gasteiger partial charge is 0.0998 e. The molecule has 0 atom stereocenters. The van der Waals surface area contributed by atoms with Crippen molar-refractivity contribution < 1.29 is 0 Å². The van der Waals surface area contributed by atoms with Gasteiger partial charge in [0.15, 0.2) is 0 Å². The van der Waals surface area contributed by atoms with Crippen molar-refractivity contribution in [3.8, 4) is 6.07 Å². The van der Waals surface area contributed by atoms with Crippen molar-refractivity contribution in [2.75, 3.05) is 0 Å². The Labute approximate surface area is 106 Å². The summed E-state index contributed by atoms with van der Waals surface area (Å²) >= 11 is 5.91. The van der Waals surface area contributed by atoms with Crippen molar-refractivity contribution in [2.24, 2.45) is 0 Å². The molecule has 0 saturated heterocycles. The molecule has 0 spiro atoms. The van der Waals surface area contributed by atoms with E-state index in [1.807, 2.05) is 48.5 Å². The van der Waals surface area contributed by atoms with Gasteiger partial charge in [-0.25, -0.2) is 0 Å². The zero-order valence-electron chi connectivity index (χ0n) is 9.10. The molecule has 0 fully saturated rings. The average molecular weight is 240 g/mol. The fraction of sp³-hybridized carbons (Fsp3) is 0. The van der Waals surface area contributed by atoms with Crippen molar-refractivity contribution in [2.45, 2.75) is 0 Å².